The number of rotatable bonds is 6. The average molecular weight is 275 g/mol. The molecule has 1 rings (SSSR count). The highest BCUT2D eigenvalue weighted by atomic mass is 32.2. The molecule has 0 spiro atoms. The summed E-state index contributed by atoms with van der Waals surface area (Å²) in [6.07, 6.45) is 0. The molecule has 0 aliphatic heterocycles. The Balaban J connectivity index is 3.22. The molecule has 0 aromatic carbocycles. The molecular formula is C11H21N3O3S. The zero-order chi connectivity index (χ0) is 13.9. The number of aryl methyl sites for hydroxylation is 2. The van der Waals surface area contributed by atoms with Crippen molar-refractivity contribution in [1.82, 2.24) is 15.2 Å². The molecule has 18 heavy (non-hydrogen) atoms. The number of hydrogen-bond acceptors (Lipinski definition) is 5. The fourth-order valence-corrected chi connectivity index (χ4v) is 3.33. The Kier molecular flexibility index (Phi) is 4.92. The van der Waals surface area contributed by atoms with Gasteiger partial charge in [-0.25, -0.2) is 13.4 Å². The average Bonchev–Trinajstić information content (AvgIpc) is 2.48. The summed E-state index contributed by atoms with van der Waals surface area (Å²) in [5.74, 6) is 1.04. The number of nitrogens with zero attached hydrogens (tertiary/aromatic N) is 1. The van der Waals surface area contributed by atoms with E-state index in [-0.39, 0.29) is 4.90 Å². The molecule has 0 radical (unpaired) electrons. The minimum absolute atomic E-state index is 0.231. The smallest absolute Gasteiger partial charge is 0.257 e. The highest BCUT2D eigenvalue weighted by Gasteiger charge is 2.26. The lowest BCUT2D eigenvalue weighted by atomic mass is 10.2. The van der Waals surface area contributed by atoms with Crippen molar-refractivity contribution >= 4 is 10.0 Å². The lowest BCUT2D eigenvalue weighted by Gasteiger charge is -2.13. The minimum Gasteiger partial charge on any atom is -0.465 e. The summed E-state index contributed by atoms with van der Waals surface area (Å²) in [7, 11) is -0.331. The van der Waals surface area contributed by atoms with Gasteiger partial charge in [0.15, 0.2) is 0 Å². The van der Waals surface area contributed by atoms with Gasteiger partial charge in [-0.2, -0.15) is 0 Å². The highest BCUT2D eigenvalue weighted by Crippen LogP contribution is 2.26. The van der Waals surface area contributed by atoms with Gasteiger partial charge >= 0.3 is 0 Å². The molecule has 6 nitrogen and oxygen atoms in total. The van der Waals surface area contributed by atoms with Gasteiger partial charge in [-0.15, -0.1) is 4.83 Å². The van der Waals surface area contributed by atoms with Gasteiger partial charge in [0.2, 0.25) is 0 Å². The van der Waals surface area contributed by atoms with Gasteiger partial charge in [-0.3, -0.25) is 0 Å². The number of nitrogens with one attached hydrogen (secondary N) is 2. The molecule has 0 bridgehead atoms. The first-order chi connectivity index (χ1) is 8.29. The van der Waals surface area contributed by atoms with Crippen LogP contribution in [0.5, 0.6) is 0 Å². The van der Waals surface area contributed by atoms with E-state index in [1.165, 1.54) is 5.01 Å². The van der Waals surface area contributed by atoms with E-state index in [1.54, 1.807) is 27.9 Å². The van der Waals surface area contributed by atoms with Gasteiger partial charge < -0.3 is 9.73 Å². The molecule has 0 fully saturated rings. The Bertz CT molecular complexity index is 506. The molecule has 2 N–H and O–H groups in total. The summed E-state index contributed by atoms with van der Waals surface area (Å²) in [6.45, 7) is 6.64. The number of hydrazine groups is 1. The zero-order valence-corrected chi connectivity index (χ0v) is 12.3. The van der Waals surface area contributed by atoms with Gasteiger partial charge in [0.1, 0.15) is 16.4 Å². The van der Waals surface area contributed by atoms with Crippen LogP contribution in [-0.2, 0) is 16.6 Å². The molecule has 1 heterocycles. The normalized spacial score (nSPS) is 12.3. The zero-order valence-electron chi connectivity index (χ0n) is 11.5. The van der Waals surface area contributed by atoms with Crippen molar-refractivity contribution in [3.63, 3.8) is 0 Å². The summed E-state index contributed by atoms with van der Waals surface area (Å²) in [5.41, 5.74) is 0.684. The summed E-state index contributed by atoms with van der Waals surface area (Å²) in [4.78, 5) is 2.66. The van der Waals surface area contributed by atoms with Crippen molar-refractivity contribution in [2.24, 2.45) is 0 Å². The maximum absolute atomic E-state index is 12.2. The van der Waals surface area contributed by atoms with Crippen LogP contribution in [0.15, 0.2) is 9.31 Å². The van der Waals surface area contributed by atoms with Crippen LogP contribution in [0, 0.1) is 13.8 Å². The van der Waals surface area contributed by atoms with Crippen LogP contribution >= 0.6 is 0 Å². The first kappa shape index (κ1) is 15.2. The molecule has 7 heteroatoms. The molecule has 0 amide bonds. The summed E-state index contributed by atoms with van der Waals surface area (Å²) in [5, 5.41) is 4.52. The van der Waals surface area contributed by atoms with Crippen molar-refractivity contribution in [1.29, 1.82) is 0 Å². The molecule has 1 aromatic rings. The maximum Gasteiger partial charge on any atom is 0.257 e. The lowest BCUT2D eigenvalue weighted by molar-refractivity contribution is 0.363. The van der Waals surface area contributed by atoms with E-state index in [0.717, 1.165) is 6.54 Å². The third-order valence-electron chi connectivity index (χ3n) is 2.45. The van der Waals surface area contributed by atoms with Gasteiger partial charge in [-0.05, 0) is 20.4 Å². The van der Waals surface area contributed by atoms with Gasteiger partial charge in [0.05, 0.1) is 0 Å². The van der Waals surface area contributed by atoms with E-state index in [9.17, 15) is 8.42 Å². The van der Waals surface area contributed by atoms with Crippen LogP contribution in [0.3, 0.4) is 0 Å². The van der Waals surface area contributed by atoms with Gasteiger partial charge in [0.25, 0.3) is 10.0 Å². The summed E-state index contributed by atoms with van der Waals surface area (Å²) >= 11 is 0. The Hall–Kier alpha value is -0.890. The number of hydrogen-bond donors (Lipinski definition) is 2. The second kappa shape index (κ2) is 5.83. The Morgan fingerprint density at radius 1 is 1.22 bits per heavy atom. The Labute approximate surface area is 108 Å². The summed E-state index contributed by atoms with van der Waals surface area (Å²) < 4.78 is 29.9. The number of furan rings is 1. The van der Waals surface area contributed by atoms with Crippen LogP contribution in [0.1, 0.15) is 24.0 Å². The first-order valence-electron chi connectivity index (χ1n) is 5.79. The fourth-order valence-electron chi connectivity index (χ4n) is 1.80. The maximum atomic E-state index is 12.2. The van der Waals surface area contributed by atoms with Crippen LogP contribution < -0.4 is 10.1 Å². The monoisotopic (exact) mass is 275 g/mol. The van der Waals surface area contributed by atoms with Crippen molar-refractivity contribution in [2.75, 3.05) is 20.6 Å². The molecule has 0 aliphatic rings. The van der Waals surface area contributed by atoms with Crippen LogP contribution in [0.25, 0.3) is 0 Å². The number of sulfonamides is 1. The molecule has 0 aliphatic carbocycles. The quantitative estimate of drug-likeness (QED) is 0.750. The van der Waals surface area contributed by atoms with Crippen LogP contribution in [0.2, 0.25) is 0 Å². The molecule has 104 valence electrons. The van der Waals surface area contributed by atoms with Crippen molar-refractivity contribution in [3.05, 3.63) is 17.1 Å². The third-order valence-corrected chi connectivity index (χ3v) is 4.13. The topological polar surface area (TPSA) is 74.6 Å². The molecule has 0 atom stereocenters. The SMILES string of the molecule is CCNCc1c(C)oc(C)c1S(=O)(=O)NN(C)C. The standard InChI is InChI=1S/C11H21N3O3S/c1-6-12-7-10-8(2)17-9(3)11(10)18(15,16)13-14(4)5/h12-13H,6-7H2,1-5H3. The van der Waals surface area contributed by atoms with Crippen LogP contribution in [0.4, 0.5) is 0 Å². The van der Waals surface area contributed by atoms with E-state index < -0.39 is 10.0 Å². The Morgan fingerprint density at radius 3 is 2.33 bits per heavy atom. The van der Waals surface area contributed by atoms with Crippen molar-refractivity contribution in [2.45, 2.75) is 32.2 Å². The molecule has 0 saturated heterocycles. The van der Waals surface area contributed by atoms with Crippen molar-refractivity contribution in [3.8, 4) is 0 Å². The third kappa shape index (κ3) is 3.32. The second-order valence-electron chi connectivity index (χ2n) is 4.29. The van der Waals surface area contributed by atoms with E-state index in [2.05, 4.69) is 10.1 Å². The fraction of sp³-hybridized carbons (Fsp3) is 0.636. The molecule has 0 saturated carbocycles. The summed E-state index contributed by atoms with van der Waals surface area (Å²) in [6, 6.07) is 0. The van der Waals surface area contributed by atoms with Gasteiger partial charge in [0, 0.05) is 26.2 Å². The Morgan fingerprint density at radius 2 is 1.83 bits per heavy atom. The van der Waals surface area contributed by atoms with Crippen LogP contribution in [-0.4, -0.2) is 34.1 Å². The lowest BCUT2D eigenvalue weighted by Crippen LogP contribution is -2.36. The van der Waals surface area contributed by atoms with E-state index >= 15 is 0 Å². The van der Waals surface area contributed by atoms with Crippen molar-refractivity contribution < 1.29 is 12.8 Å². The molecule has 1 aromatic heterocycles. The van der Waals surface area contributed by atoms with E-state index in [4.69, 9.17) is 4.42 Å². The largest absolute Gasteiger partial charge is 0.465 e. The predicted molar refractivity (Wildman–Crippen MR) is 69.6 cm³/mol. The van der Waals surface area contributed by atoms with E-state index in [0.29, 0.717) is 23.6 Å². The van der Waals surface area contributed by atoms with E-state index in [1.807, 2.05) is 6.92 Å². The first-order valence-corrected chi connectivity index (χ1v) is 7.27. The predicted octanol–water partition coefficient (Wildman–Crippen LogP) is 0.761. The van der Waals surface area contributed by atoms with Gasteiger partial charge in [-0.1, -0.05) is 6.92 Å². The highest BCUT2D eigenvalue weighted by molar-refractivity contribution is 7.89. The molecular weight excluding hydrogens is 254 g/mol. The minimum atomic E-state index is -3.59. The second-order valence-corrected chi connectivity index (χ2v) is 5.89. The molecule has 0 unspecified atom stereocenters.